The Hall–Kier alpha value is -2.29. The van der Waals surface area contributed by atoms with Gasteiger partial charge in [-0.3, -0.25) is 9.59 Å². The lowest BCUT2D eigenvalue weighted by atomic mass is 10.1. The van der Waals surface area contributed by atoms with Gasteiger partial charge in [-0.2, -0.15) is 13.2 Å². The van der Waals surface area contributed by atoms with Crippen molar-refractivity contribution in [2.75, 3.05) is 13.2 Å². The van der Waals surface area contributed by atoms with E-state index in [0.29, 0.717) is 24.3 Å². The third-order valence-electron chi connectivity index (χ3n) is 3.70. The van der Waals surface area contributed by atoms with E-state index in [1.165, 1.54) is 12.1 Å². The number of nitrogens with two attached hydrogens (primary N) is 1. The van der Waals surface area contributed by atoms with Crippen LogP contribution in [0.15, 0.2) is 24.3 Å². The lowest BCUT2D eigenvalue weighted by Gasteiger charge is -2.32. The van der Waals surface area contributed by atoms with Crippen molar-refractivity contribution < 1.29 is 32.2 Å². The van der Waals surface area contributed by atoms with E-state index in [1.807, 2.05) is 0 Å². The molecule has 0 spiro atoms. The van der Waals surface area contributed by atoms with E-state index in [0.717, 1.165) is 0 Å². The molecular formula is C16H19F3N2O4. The van der Waals surface area contributed by atoms with Gasteiger partial charge in [0.15, 0.2) is 0 Å². The maximum atomic E-state index is 12.2. The first-order valence-electron chi connectivity index (χ1n) is 7.75. The van der Waals surface area contributed by atoms with E-state index in [1.54, 1.807) is 12.1 Å². The Labute approximate surface area is 142 Å². The van der Waals surface area contributed by atoms with Crippen LogP contribution in [0.25, 0.3) is 0 Å². The molecule has 0 unspecified atom stereocenters. The lowest BCUT2D eigenvalue weighted by Crippen LogP contribution is -2.51. The summed E-state index contributed by atoms with van der Waals surface area (Å²) in [6, 6.07) is 5.60. The van der Waals surface area contributed by atoms with E-state index in [-0.39, 0.29) is 6.61 Å². The van der Waals surface area contributed by atoms with Crippen molar-refractivity contribution >= 4 is 11.8 Å². The number of amides is 2. The normalized spacial score (nSPS) is 20.8. The monoisotopic (exact) mass is 360 g/mol. The number of carbonyl (C=O) groups excluding carboxylic acids is 2. The van der Waals surface area contributed by atoms with Crippen LogP contribution in [0, 0.1) is 0 Å². The van der Waals surface area contributed by atoms with Crippen LogP contribution < -0.4 is 15.8 Å². The topological polar surface area (TPSA) is 90.7 Å². The molecule has 1 heterocycles. The maximum Gasteiger partial charge on any atom is 0.389 e. The Bertz CT molecular complexity index is 604. The zero-order chi connectivity index (χ0) is 18.4. The summed E-state index contributed by atoms with van der Waals surface area (Å²) in [5.41, 5.74) is 5.49. The smallest absolute Gasteiger partial charge is 0.389 e. The fourth-order valence-electron chi connectivity index (χ4n) is 2.40. The van der Waals surface area contributed by atoms with Gasteiger partial charge < -0.3 is 20.5 Å². The summed E-state index contributed by atoms with van der Waals surface area (Å²) in [6.07, 6.45) is -6.16. The summed E-state index contributed by atoms with van der Waals surface area (Å²) < 4.78 is 47.6. The van der Waals surface area contributed by atoms with E-state index in [9.17, 15) is 22.8 Å². The van der Waals surface area contributed by atoms with Crippen LogP contribution in [0.4, 0.5) is 13.2 Å². The van der Waals surface area contributed by atoms with Gasteiger partial charge >= 0.3 is 6.18 Å². The number of carbonyl (C=O) groups is 2. The first-order chi connectivity index (χ1) is 11.7. The van der Waals surface area contributed by atoms with Gasteiger partial charge in [0, 0.05) is 18.4 Å². The molecule has 25 heavy (non-hydrogen) atoms. The number of hydrogen-bond donors (Lipinski definition) is 2. The molecule has 0 aromatic heterocycles. The van der Waals surface area contributed by atoms with Crippen molar-refractivity contribution in [1.29, 1.82) is 0 Å². The Morgan fingerprint density at radius 1 is 1.28 bits per heavy atom. The molecule has 6 nitrogen and oxygen atoms in total. The Morgan fingerprint density at radius 3 is 2.56 bits per heavy atom. The highest BCUT2D eigenvalue weighted by Crippen LogP contribution is 2.22. The standard InChI is InChI=1S/C16H19F3N2O4/c17-16(18,19)7-5-14(22)21-12-9-24-8-6-13(12)25-11-3-1-10(2-4-11)15(20)23/h1-4,12-13H,5-9H2,(H2,20,23)(H,21,22)/t12-,13-/m1/s1. The molecule has 2 atom stereocenters. The number of alkyl halides is 3. The highest BCUT2D eigenvalue weighted by Gasteiger charge is 2.31. The molecule has 0 bridgehead atoms. The summed E-state index contributed by atoms with van der Waals surface area (Å²) >= 11 is 0. The second kappa shape index (κ2) is 8.19. The van der Waals surface area contributed by atoms with Crippen LogP contribution in [0.2, 0.25) is 0 Å². The summed E-state index contributed by atoms with van der Waals surface area (Å²) in [7, 11) is 0. The minimum absolute atomic E-state index is 0.155. The van der Waals surface area contributed by atoms with E-state index >= 15 is 0 Å². The number of ether oxygens (including phenoxy) is 2. The number of primary amides is 1. The molecule has 138 valence electrons. The van der Waals surface area contributed by atoms with Gasteiger partial charge in [0.1, 0.15) is 11.9 Å². The molecule has 1 saturated heterocycles. The zero-order valence-electron chi connectivity index (χ0n) is 13.3. The van der Waals surface area contributed by atoms with Crippen molar-refractivity contribution in [3.8, 4) is 5.75 Å². The predicted molar refractivity (Wildman–Crippen MR) is 82.0 cm³/mol. The fourth-order valence-corrected chi connectivity index (χ4v) is 2.40. The molecule has 3 N–H and O–H groups in total. The van der Waals surface area contributed by atoms with Gasteiger partial charge in [-0.25, -0.2) is 0 Å². The minimum atomic E-state index is -4.38. The van der Waals surface area contributed by atoms with E-state index in [4.69, 9.17) is 15.2 Å². The number of halogens is 3. The summed E-state index contributed by atoms with van der Waals surface area (Å²) in [5, 5.41) is 2.53. The summed E-state index contributed by atoms with van der Waals surface area (Å²) in [6.45, 7) is 0.570. The van der Waals surface area contributed by atoms with Crippen molar-refractivity contribution in [1.82, 2.24) is 5.32 Å². The number of rotatable bonds is 6. The number of nitrogens with one attached hydrogen (secondary N) is 1. The first-order valence-corrected chi connectivity index (χ1v) is 7.75. The Kier molecular flexibility index (Phi) is 6.24. The van der Waals surface area contributed by atoms with Crippen LogP contribution in [-0.4, -0.2) is 43.4 Å². The second-order valence-electron chi connectivity index (χ2n) is 5.70. The Morgan fingerprint density at radius 2 is 1.96 bits per heavy atom. The largest absolute Gasteiger partial charge is 0.488 e. The van der Waals surface area contributed by atoms with Crippen molar-refractivity contribution in [3.63, 3.8) is 0 Å². The molecule has 0 aliphatic carbocycles. The van der Waals surface area contributed by atoms with Crippen molar-refractivity contribution in [3.05, 3.63) is 29.8 Å². The molecule has 2 rings (SSSR count). The SMILES string of the molecule is NC(=O)c1ccc(O[C@@H]2CCOC[C@H]2NC(=O)CCC(F)(F)F)cc1. The minimum Gasteiger partial charge on any atom is -0.488 e. The third kappa shape index (κ3) is 6.26. The molecule has 1 aromatic rings. The van der Waals surface area contributed by atoms with Crippen LogP contribution in [0.3, 0.4) is 0 Å². The van der Waals surface area contributed by atoms with Gasteiger partial charge in [0.2, 0.25) is 11.8 Å². The van der Waals surface area contributed by atoms with Gasteiger partial charge in [0.25, 0.3) is 0 Å². The Balaban J connectivity index is 1.93. The predicted octanol–water partition coefficient (Wildman–Crippen LogP) is 1.78. The van der Waals surface area contributed by atoms with Gasteiger partial charge in [-0.1, -0.05) is 0 Å². The van der Waals surface area contributed by atoms with Crippen LogP contribution in [0.1, 0.15) is 29.6 Å². The number of hydrogen-bond acceptors (Lipinski definition) is 4. The van der Waals surface area contributed by atoms with Crippen molar-refractivity contribution in [2.24, 2.45) is 5.73 Å². The average Bonchev–Trinajstić information content (AvgIpc) is 2.55. The quantitative estimate of drug-likeness (QED) is 0.809. The zero-order valence-corrected chi connectivity index (χ0v) is 13.3. The van der Waals surface area contributed by atoms with Gasteiger partial charge in [-0.15, -0.1) is 0 Å². The third-order valence-corrected chi connectivity index (χ3v) is 3.70. The highest BCUT2D eigenvalue weighted by molar-refractivity contribution is 5.92. The first kappa shape index (κ1) is 19.0. The lowest BCUT2D eigenvalue weighted by molar-refractivity contribution is -0.145. The average molecular weight is 360 g/mol. The maximum absolute atomic E-state index is 12.2. The summed E-state index contributed by atoms with van der Waals surface area (Å²) in [5.74, 6) is -0.802. The molecule has 1 fully saturated rings. The molecule has 2 amide bonds. The second-order valence-corrected chi connectivity index (χ2v) is 5.70. The van der Waals surface area contributed by atoms with Gasteiger partial charge in [-0.05, 0) is 24.3 Å². The summed E-state index contributed by atoms with van der Waals surface area (Å²) in [4.78, 5) is 22.7. The fraction of sp³-hybridized carbons (Fsp3) is 0.500. The highest BCUT2D eigenvalue weighted by atomic mass is 19.4. The van der Waals surface area contributed by atoms with Crippen molar-refractivity contribution in [2.45, 2.75) is 37.6 Å². The number of benzene rings is 1. The van der Waals surface area contributed by atoms with Crippen LogP contribution in [-0.2, 0) is 9.53 Å². The molecule has 1 aliphatic heterocycles. The molecule has 0 radical (unpaired) electrons. The molecule has 1 aromatic carbocycles. The van der Waals surface area contributed by atoms with E-state index < -0.39 is 43.0 Å². The molecule has 9 heteroatoms. The van der Waals surface area contributed by atoms with Gasteiger partial charge in [0.05, 0.1) is 25.7 Å². The molecular weight excluding hydrogens is 341 g/mol. The van der Waals surface area contributed by atoms with Crippen LogP contribution >= 0.6 is 0 Å². The van der Waals surface area contributed by atoms with Crippen LogP contribution in [0.5, 0.6) is 5.75 Å². The molecule has 0 saturated carbocycles. The van der Waals surface area contributed by atoms with E-state index in [2.05, 4.69) is 5.32 Å². The molecule has 1 aliphatic rings.